The molecule has 0 aromatic heterocycles. The Labute approximate surface area is 228 Å². The van der Waals surface area contributed by atoms with Crippen LogP contribution in [0.3, 0.4) is 0 Å². The molecule has 0 radical (unpaired) electrons. The second-order valence-corrected chi connectivity index (χ2v) is 10.0. The van der Waals surface area contributed by atoms with E-state index in [1.807, 2.05) is 45.2 Å². The van der Waals surface area contributed by atoms with E-state index in [0.29, 0.717) is 25.4 Å². The highest BCUT2D eigenvalue weighted by Gasteiger charge is 2.30. The zero-order valence-corrected chi connectivity index (χ0v) is 23.2. The highest BCUT2D eigenvalue weighted by Crippen LogP contribution is 2.34. The van der Waals surface area contributed by atoms with Crippen molar-refractivity contribution in [2.24, 2.45) is 5.41 Å². The van der Waals surface area contributed by atoms with E-state index in [-0.39, 0.29) is 5.91 Å². The second kappa shape index (κ2) is 13.5. The molecule has 3 aromatic carbocycles. The lowest BCUT2D eigenvalue weighted by molar-refractivity contribution is -0.139. The van der Waals surface area contributed by atoms with E-state index in [9.17, 15) is 4.79 Å². The van der Waals surface area contributed by atoms with E-state index in [2.05, 4.69) is 86.1 Å². The number of carbonyl (C=O) groups excluding carboxylic acids is 1. The quantitative estimate of drug-likeness (QED) is 0.196. The van der Waals surface area contributed by atoms with Crippen LogP contribution in [0.2, 0.25) is 0 Å². The molecule has 4 heteroatoms. The molecule has 0 saturated heterocycles. The molecule has 0 bridgehead atoms. The number of carbonyl (C=O) groups is 1. The van der Waals surface area contributed by atoms with Gasteiger partial charge in [-0.3, -0.25) is 4.79 Å². The van der Waals surface area contributed by atoms with Gasteiger partial charge in [-0.05, 0) is 66.3 Å². The number of ether oxygens (including phenoxy) is 1. The van der Waals surface area contributed by atoms with Gasteiger partial charge in [0.1, 0.15) is 12.4 Å². The summed E-state index contributed by atoms with van der Waals surface area (Å²) in [6, 6.07) is 29.3. The van der Waals surface area contributed by atoms with Gasteiger partial charge in [0, 0.05) is 19.3 Å². The summed E-state index contributed by atoms with van der Waals surface area (Å²) in [7, 11) is 1.81. The summed E-state index contributed by atoms with van der Waals surface area (Å²) in [5, 5.41) is 3.14. The molecule has 0 heterocycles. The Balaban J connectivity index is 1.71. The third-order valence-electron chi connectivity index (χ3n) is 6.61. The molecule has 3 rings (SSSR count). The molecule has 0 aliphatic rings. The van der Waals surface area contributed by atoms with Crippen molar-refractivity contribution in [2.75, 3.05) is 26.7 Å². The monoisotopic (exact) mass is 508 g/mol. The number of allylic oxidation sites excluding steroid dienone is 2. The molecule has 0 aliphatic heterocycles. The van der Waals surface area contributed by atoms with Crippen LogP contribution in [0.5, 0.6) is 5.75 Å². The van der Waals surface area contributed by atoms with Crippen LogP contribution in [-0.2, 0) is 4.79 Å². The molecule has 0 saturated carbocycles. The van der Waals surface area contributed by atoms with Gasteiger partial charge in [-0.25, -0.2) is 0 Å². The number of benzene rings is 3. The molecule has 0 spiro atoms. The Kier molecular flexibility index (Phi) is 10.1. The Morgan fingerprint density at radius 3 is 2.03 bits per heavy atom. The van der Waals surface area contributed by atoms with Gasteiger partial charge in [0.15, 0.2) is 0 Å². The standard InChI is InChI=1S/C34H40N2O2/c1-7-26(3)35-25-34(4,5)33(37)36(6)23-24-38-30-21-19-29(20-22-30)32(28-17-13-10-14-18-28)31(8-2)27-15-11-9-12-16-27/h7,9-22,35H,1,3,8,23-25H2,2,4-6H3/b32-31-. The number of hydrogen-bond acceptors (Lipinski definition) is 3. The minimum Gasteiger partial charge on any atom is -0.492 e. The first-order valence-corrected chi connectivity index (χ1v) is 13.1. The van der Waals surface area contributed by atoms with E-state index in [4.69, 9.17) is 4.74 Å². The van der Waals surface area contributed by atoms with Crippen molar-refractivity contribution in [3.63, 3.8) is 0 Å². The van der Waals surface area contributed by atoms with Gasteiger partial charge in [0.05, 0.1) is 12.0 Å². The maximum absolute atomic E-state index is 12.9. The van der Waals surface area contributed by atoms with Crippen LogP contribution in [0.25, 0.3) is 11.1 Å². The van der Waals surface area contributed by atoms with Crippen molar-refractivity contribution in [2.45, 2.75) is 27.2 Å². The molecule has 1 amide bonds. The van der Waals surface area contributed by atoms with E-state index in [1.165, 1.54) is 22.3 Å². The molecular formula is C34H40N2O2. The number of likely N-dealkylation sites (N-methyl/N-ethyl adjacent to an activating group) is 1. The minimum absolute atomic E-state index is 0.0476. The maximum atomic E-state index is 12.9. The Bertz CT molecular complexity index is 1240. The molecular weight excluding hydrogens is 468 g/mol. The molecule has 0 fully saturated rings. The predicted molar refractivity (Wildman–Crippen MR) is 160 cm³/mol. The van der Waals surface area contributed by atoms with Gasteiger partial charge in [0.2, 0.25) is 5.91 Å². The van der Waals surface area contributed by atoms with Crippen molar-refractivity contribution in [3.05, 3.63) is 127 Å². The zero-order chi connectivity index (χ0) is 27.5. The highest BCUT2D eigenvalue weighted by molar-refractivity contribution is 5.98. The fourth-order valence-corrected chi connectivity index (χ4v) is 4.40. The lowest BCUT2D eigenvalue weighted by Gasteiger charge is -2.30. The van der Waals surface area contributed by atoms with E-state index in [1.54, 1.807) is 11.0 Å². The third kappa shape index (κ3) is 7.48. The van der Waals surface area contributed by atoms with Crippen LogP contribution in [0, 0.1) is 5.41 Å². The average molecular weight is 509 g/mol. The summed E-state index contributed by atoms with van der Waals surface area (Å²) in [5.74, 6) is 0.828. The van der Waals surface area contributed by atoms with Gasteiger partial charge in [0.25, 0.3) is 0 Å². The summed E-state index contributed by atoms with van der Waals surface area (Å²) < 4.78 is 6.01. The number of nitrogens with one attached hydrogen (secondary N) is 1. The lowest BCUT2D eigenvalue weighted by Crippen LogP contribution is -2.45. The first-order chi connectivity index (χ1) is 18.3. The number of nitrogens with zero attached hydrogens (tertiary/aromatic N) is 1. The van der Waals surface area contributed by atoms with Crippen LogP contribution in [0.1, 0.15) is 43.9 Å². The van der Waals surface area contributed by atoms with Crippen molar-refractivity contribution in [3.8, 4) is 5.75 Å². The molecule has 198 valence electrons. The second-order valence-electron chi connectivity index (χ2n) is 10.0. The number of amides is 1. The smallest absolute Gasteiger partial charge is 0.229 e. The summed E-state index contributed by atoms with van der Waals surface area (Å²) in [6.45, 7) is 15.0. The van der Waals surface area contributed by atoms with Gasteiger partial charge < -0.3 is 15.0 Å². The fourth-order valence-electron chi connectivity index (χ4n) is 4.40. The molecule has 3 aromatic rings. The zero-order valence-electron chi connectivity index (χ0n) is 23.2. The van der Waals surface area contributed by atoms with Crippen molar-refractivity contribution < 1.29 is 9.53 Å². The van der Waals surface area contributed by atoms with Crippen LogP contribution >= 0.6 is 0 Å². The normalized spacial score (nSPS) is 11.8. The number of rotatable bonds is 13. The maximum Gasteiger partial charge on any atom is 0.229 e. The minimum atomic E-state index is -0.571. The molecule has 0 atom stereocenters. The SMILES string of the molecule is C=CC(=C)NCC(C)(C)C(=O)N(C)CCOc1ccc(/C(=C(/CC)c2ccccc2)c2ccccc2)cc1. The van der Waals surface area contributed by atoms with Crippen LogP contribution in [0.4, 0.5) is 0 Å². The predicted octanol–water partition coefficient (Wildman–Crippen LogP) is 7.21. The number of hydrogen-bond donors (Lipinski definition) is 1. The lowest BCUT2D eigenvalue weighted by atomic mass is 9.88. The Morgan fingerprint density at radius 1 is 0.921 bits per heavy atom. The molecule has 0 aliphatic carbocycles. The van der Waals surface area contributed by atoms with Crippen LogP contribution in [-0.4, -0.2) is 37.6 Å². The highest BCUT2D eigenvalue weighted by atomic mass is 16.5. The van der Waals surface area contributed by atoms with Crippen molar-refractivity contribution in [1.82, 2.24) is 10.2 Å². The summed E-state index contributed by atoms with van der Waals surface area (Å²) in [6.07, 6.45) is 2.56. The largest absolute Gasteiger partial charge is 0.492 e. The first-order valence-electron chi connectivity index (χ1n) is 13.1. The average Bonchev–Trinajstić information content (AvgIpc) is 2.95. The van der Waals surface area contributed by atoms with E-state index in [0.717, 1.165) is 17.7 Å². The third-order valence-corrected chi connectivity index (χ3v) is 6.61. The molecule has 1 N–H and O–H groups in total. The van der Waals surface area contributed by atoms with Gasteiger partial charge in [-0.1, -0.05) is 92.9 Å². The summed E-state index contributed by atoms with van der Waals surface area (Å²) >= 11 is 0. The molecule has 38 heavy (non-hydrogen) atoms. The van der Waals surface area contributed by atoms with E-state index >= 15 is 0 Å². The first kappa shape index (κ1) is 28.5. The van der Waals surface area contributed by atoms with Crippen molar-refractivity contribution in [1.29, 1.82) is 0 Å². The topological polar surface area (TPSA) is 41.6 Å². The van der Waals surface area contributed by atoms with Crippen LogP contribution in [0.15, 0.2) is 110 Å². The Hall–Kier alpha value is -4.05. The fraction of sp³-hybridized carbons (Fsp3) is 0.265. The van der Waals surface area contributed by atoms with Crippen molar-refractivity contribution >= 4 is 17.1 Å². The van der Waals surface area contributed by atoms with Gasteiger partial charge in [-0.2, -0.15) is 0 Å². The summed E-state index contributed by atoms with van der Waals surface area (Å²) in [4.78, 5) is 14.7. The van der Waals surface area contributed by atoms with Crippen LogP contribution < -0.4 is 10.1 Å². The summed E-state index contributed by atoms with van der Waals surface area (Å²) in [5.41, 5.74) is 6.24. The van der Waals surface area contributed by atoms with E-state index < -0.39 is 5.41 Å². The molecule has 4 nitrogen and oxygen atoms in total. The molecule has 0 unspecified atom stereocenters. The Morgan fingerprint density at radius 2 is 1.47 bits per heavy atom. The van der Waals surface area contributed by atoms with Gasteiger partial charge >= 0.3 is 0 Å². The van der Waals surface area contributed by atoms with Gasteiger partial charge in [-0.15, -0.1) is 0 Å².